The molecule has 1 N–H and O–H groups in total. The Labute approximate surface area is 171 Å². The van der Waals surface area contributed by atoms with Gasteiger partial charge in [-0.15, -0.1) is 11.3 Å². The molecule has 0 bridgehead atoms. The number of carbonyl (C=O) groups is 1. The van der Waals surface area contributed by atoms with E-state index in [1.165, 1.54) is 23.5 Å². The van der Waals surface area contributed by atoms with Crippen molar-refractivity contribution >= 4 is 23.2 Å². The predicted molar refractivity (Wildman–Crippen MR) is 108 cm³/mol. The summed E-state index contributed by atoms with van der Waals surface area (Å²) in [6, 6.07) is 7.55. The Morgan fingerprint density at radius 1 is 1.21 bits per heavy atom. The number of amides is 1. The summed E-state index contributed by atoms with van der Waals surface area (Å²) in [6.45, 7) is 3.30. The van der Waals surface area contributed by atoms with Crippen molar-refractivity contribution in [3.63, 3.8) is 0 Å². The van der Waals surface area contributed by atoms with E-state index in [1.54, 1.807) is 29.9 Å². The summed E-state index contributed by atoms with van der Waals surface area (Å²) in [5, 5.41) is 3.09. The molecule has 0 radical (unpaired) electrons. The van der Waals surface area contributed by atoms with Gasteiger partial charge >= 0.3 is 0 Å². The lowest BCUT2D eigenvalue weighted by Gasteiger charge is -2.32. The molecule has 1 saturated heterocycles. The topological polar surface area (TPSA) is 80.2 Å². The van der Waals surface area contributed by atoms with E-state index < -0.39 is 0 Å². The van der Waals surface area contributed by atoms with Gasteiger partial charge in [-0.2, -0.15) is 4.98 Å². The van der Waals surface area contributed by atoms with Crippen LogP contribution in [0.4, 0.5) is 10.3 Å². The standard InChI is InChI=1S/C20H20FN5O2S/c1-13-18(29-12-23-13)19(27)24-15-7-10-26(11-8-15)20-22-9-6-17(25-20)28-16-4-2-14(21)3-5-16/h2-6,9,12,15H,7-8,10-11H2,1H3,(H,24,27). The first kappa shape index (κ1) is 19.3. The van der Waals surface area contributed by atoms with Gasteiger partial charge in [0.2, 0.25) is 11.8 Å². The Hall–Kier alpha value is -3.07. The quantitative estimate of drug-likeness (QED) is 0.689. The molecule has 9 heteroatoms. The fraction of sp³-hybridized carbons (Fsp3) is 0.300. The van der Waals surface area contributed by atoms with Gasteiger partial charge in [0, 0.05) is 31.4 Å². The molecular formula is C20H20FN5O2S. The molecule has 0 spiro atoms. The van der Waals surface area contributed by atoms with Crippen molar-refractivity contribution in [1.29, 1.82) is 0 Å². The summed E-state index contributed by atoms with van der Waals surface area (Å²) in [7, 11) is 0. The summed E-state index contributed by atoms with van der Waals surface area (Å²) >= 11 is 1.36. The third-order valence-electron chi connectivity index (χ3n) is 4.72. The normalized spacial score (nSPS) is 14.6. The Morgan fingerprint density at radius 3 is 2.66 bits per heavy atom. The fourth-order valence-corrected chi connectivity index (χ4v) is 3.87. The molecule has 1 fully saturated rings. The van der Waals surface area contributed by atoms with Crippen LogP contribution in [0.1, 0.15) is 28.2 Å². The molecule has 4 rings (SSSR count). The first-order valence-corrected chi connectivity index (χ1v) is 10.2. The number of aromatic nitrogens is 3. The van der Waals surface area contributed by atoms with Gasteiger partial charge in [-0.05, 0) is 44.0 Å². The number of thiazole rings is 1. The van der Waals surface area contributed by atoms with E-state index >= 15 is 0 Å². The van der Waals surface area contributed by atoms with Gasteiger partial charge in [0.15, 0.2) is 0 Å². The smallest absolute Gasteiger partial charge is 0.263 e. The molecule has 29 heavy (non-hydrogen) atoms. The van der Waals surface area contributed by atoms with Gasteiger partial charge in [0.1, 0.15) is 16.4 Å². The van der Waals surface area contributed by atoms with E-state index in [9.17, 15) is 9.18 Å². The lowest BCUT2D eigenvalue weighted by atomic mass is 10.1. The van der Waals surface area contributed by atoms with Gasteiger partial charge in [-0.3, -0.25) is 4.79 Å². The van der Waals surface area contributed by atoms with Gasteiger partial charge in [-0.1, -0.05) is 0 Å². The van der Waals surface area contributed by atoms with Crippen LogP contribution in [0.5, 0.6) is 11.6 Å². The highest BCUT2D eigenvalue weighted by molar-refractivity contribution is 7.11. The number of hydrogen-bond donors (Lipinski definition) is 1. The van der Waals surface area contributed by atoms with Crippen molar-refractivity contribution in [3.8, 4) is 11.6 Å². The van der Waals surface area contributed by atoms with Gasteiger partial charge in [-0.25, -0.2) is 14.4 Å². The highest BCUT2D eigenvalue weighted by atomic mass is 32.1. The number of nitrogens with one attached hydrogen (secondary N) is 1. The van der Waals surface area contributed by atoms with E-state index in [-0.39, 0.29) is 17.8 Å². The maximum absolute atomic E-state index is 13.0. The van der Waals surface area contributed by atoms with E-state index in [4.69, 9.17) is 4.74 Å². The minimum absolute atomic E-state index is 0.0607. The van der Waals surface area contributed by atoms with E-state index in [1.807, 2.05) is 6.92 Å². The molecule has 0 aliphatic carbocycles. The average molecular weight is 413 g/mol. The van der Waals surface area contributed by atoms with Crippen LogP contribution < -0.4 is 15.0 Å². The largest absolute Gasteiger partial charge is 0.439 e. The molecule has 1 aliphatic rings. The number of aryl methyl sites for hydroxylation is 1. The number of rotatable bonds is 5. The highest BCUT2D eigenvalue weighted by Gasteiger charge is 2.24. The van der Waals surface area contributed by atoms with Crippen molar-refractivity contribution in [2.75, 3.05) is 18.0 Å². The summed E-state index contributed by atoms with van der Waals surface area (Å²) < 4.78 is 18.7. The zero-order valence-electron chi connectivity index (χ0n) is 15.8. The van der Waals surface area contributed by atoms with Crippen LogP contribution in [0.15, 0.2) is 42.0 Å². The monoisotopic (exact) mass is 413 g/mol. The summed E-state index contributed by atoms with van der Waals surface area (Å²) in [5.74, 6) is 1.11. The van der Waals surface area contributed by atoms with Crippen molar-refractivity contribution in [3.05, 3.63) is 58.4 Å². The van der Waals surface area contributed by atoms with Crippen LogP contribution in [0.2, 0.25) is 0 Å². The first-order chi connectivity index (χ1) is 14.1. The number of halogens is 1. The van der Waals surface area contributed by atoms with Crippen LogP contribution >= 0.6 is 11.3 Å². The summed E-state index contributed by atoms with van der Waals surface area (Å²) in [6.07, 6.45) is 3.24. The number of piperidine rings is 1. The minimum atomic E-state index is -0.318. The number of anilines is 1. The molecule has 0 saturated carbocycles. The number of ether oxygens (including phenoxy) is 1. The second-order valence-corrected chi connectivity index (χ2v) is 7.61. The Bertz CT molecular complexity index is 987. The molecule has 0 unspecified atom stereocenters. The summed E-state index contributed by atoms with van der Waals surface area (Å²) in [5.41, 5.74) is 2.45. The number of hydrogen-bond acceptors (Lipinski definition) is 7. The molecule has 7 nitrogen and oxygen atoms in total. The molecule has 1 aliphatic heterocycles. The van der Waals surface area contributed by atoms with Gasteiger partial charge in [0.25, 0.3) is 5.91 Å². The number of carbonyl (C=O) groups excluding carboxylic acids is 1. The lowest BCUT2D eigenvalue weighted by molar-refractivity contribution is 0.0934. The Kier molecular flexibility index (Phi) is 5.66. The van der Waals surface area contributed by atoms with Crippen LogP contribution in [0, 0.1) is 12.7 Å². The third-order valence-corrected chi connectivity index (χ3v) is 5.65. The van der Waals surface area contributed by atoms with Crippen molar-refractivity contribution < 1.29 is 13.9 Å². The second-order valence-electron chi connectivity index (χ2n) is 6.75. The zero-order valence-corrected chi connectivity index (χ0v) is 16.7. The molecule has 150 valence electrons. The Morgan fingerprint density at radius 2 is 1.97 bits per heavy atom. The SMILES string of the molecule is Cc1ncsc1C(=O)NC1CCN(c2nccc(Oc3ccc(F)cc3)n2)CC1. The predicted octanol–water partition coefficient (Wildman–Crippen LogP) is 3.57. The van der Waals surface area contributed by atoms with Crippen LogP contribution in [0.25, 0.3) is 0 Å². The van der Waals surface area contributed by atoms with E-state index in [0.717, 1.165) is 31.6 Å². The van der Waals surface area contributed by atoms with Gasteiger partial charge in [0.05, 0.1) is 11.2 Å². The molecule has 1 amide bonds. The van der Waals surface area contributed by atoms with Crippen LogP contribution in [-0.2, 0) is 0 Å². The Balaban J connectivity index is 1.34. The second kappa shape index (κ2) is 8.52. The maximum atomic E-state index is 13.0. The van der Waals surface area contributed by atoms with Crippen molar-refractivity contribution in [2.24, 2.45) is 0 Å². The minimum Gasteiger partial charge on any atom is -0.439 e. The van der Waals surface area contributed by atoms with Gasteiger partial charge < -0.3 is 15.0 Å². The molecular weight excluding hydrogens is 393 g/mol. The molecule has 3 heterocycles. The lowest BCUT2D eigenvalue weighted by Crippen LogP contribution is -2.45. The zero-order chi connectivity index (χ0) is 20.2. The molecule has 1 aromatic carbocycles. The first-order valence-electron chi connectivity index (χ1n) is 9.31. The average Bonchev–Trinajstić information content (AvgIpc) is 3.17. The van der Waals surface area contributed by atoms with Crippen molar-refractivity contribution in [2.45, 2.75) is 25.8 Å². The fourth-order valence-electron chi connectivity index (χ4n) is 3.16. The third kappa shape index (κ3) is 4.68. The van der Waals surface area contributed by atoms with E-state index in [0.29, 0.717) is 22.5 Å². The summed E-state index contributed by atoms with van der Waals surface area (Å²) in [4.78, 5) is 28.0. The highest BCUT2D eigenvalue weighted by Crippen LogP contribution is 2.23. The molecule has 0 atom stereocenters. The number of nitrogens with zero attached hydrogens (tertiary/aromatic N) is 4. The van der Waals surface area contributed by atoms with Crippen LogP contribution in [0.3, 0.4) is 0 Å². The number of benzene rings is 1. The maximum Gasteiger partial charge on any atom is 0.263 e. The van der Waals surface area contributed by atoms with Crippen molar-refractivity contribution in [1.82, 2.24) is 20.3 Å². The van der Waals surface area contributed by atoms with Crippen LogP contribution in [-0.4, -0.2) is 40.0 Å². The molecule has 3 aromatic rings. The molecule has 2 aromatic heterocycles. The van der Waals surface area contributed by atoms with E-state index in [2.05, 4.69) is 25.2 Å².